The van der Waals surface area contributed by atoms with Gasteiger partial charge < -0.3 is 5.32 Å². The molecule has 1 nitrogen and oxygen atoms in total. The fraction of sp³-hybridized carbons (Fsp3) is 0.647. The third-order valence-corrected chi connectivity index (χ3v) is 4.87. The van der Waals surface area contributed by atoms with Gasteiger partial charge in [0.2, 0.25) is 0 Å². The molecule has 2 aliphatic rings. The monoisotopic (exact) mass is 297 g/mol. The van der Waals surface area contributed by atoms with Gasteiger partial charge >= 0.3 is 0 Å². The van der Waals surface area contributed by atoms with Gasteiger partial charge in [0.25, 0.3) is 0 Å². The molecule has 0 amide bonds. The van der Waals surface area contributed by atoms with Crippen LogP contribution in [0.25, 0.3) is 0 Å². The van der Waals surface area contributed by atoms with Crippen molar-refractivity contribution in [2.24, 2.45) is 5.92 Å². The van der Waals surface area contributed by atoms with Crippen LogP contribution in [0.2, 0.25) is 0 Å². The zero-order valence-corrected chi connectivity index (χ0v) is 12.2. The Hall–Kier alpha value is -1.03. The maximum atomic E-state index is 14.1. The third-order valence-electron chi connectivity index (χ3n) is 4.87. The van der Waals surface area contributed by atoms with Gasteiger partial charge in [0.05, 0.1) is 0 Å². The van der Waals surface area contributed by atoms with E-state index < -0.39 is 17.5 Å². The molecular weight excluding hydrogens is 275 g/mol. The third kappa shape index (κ3) is 3.42. The fourth-order valence-electron chi connectivity index (χ4n) is 3.47. The SMILES string of the molecule is Fc1ccc(C2CCCCCC2CNC2CC2)c(F)c1F. The average Bonchev–Trinajstić information content (AvgIpc) is 3.30. The minimum absolute atomic E-state index is 0.00569. The number of hydrogen-bond acceptors (Lipinski definition) is 1. The molecule has 1 aromatic carbocycles. The molecule has 2 fully saturated rings. The standard InChI is InChI=1S/C17H22F3N/c18-15-9-8-14(16(19)17(15)20)13-5-3-1-2-4-11(13)10-21-12-6-7-12/h8-9,11-13,21H,1-7,10H2. The summed E-state index contributed by atoms with van der Waals surface area (Å²) < 4.78 is 40.8. The zero-order valence-electron chi connectivity index (χ0n) is 12.2. The van der Waals surface area contributed by atoms with Gasteiger partial charge in [-0.25, -0.2) is 13.2 Å². The first-order valence-electron chi connectivity index (χ1n) is 8.03. The second-order valence-electron chi connectivity index (χ2n) is 6.45. The summed E-state index contributed by atoms with van der Waals surface area (Å²) in [5.74, 6) is -3.11. The lowest BCUT2D eigenvalue weighted by atomic mass is 9.82. The Balaban J connectivity index is 1.82. The zero-order chi connectivity index (χ0) is 14.8. The van der Waals surface area contributed by atoms with Crippen LogP contribution in [0.5, 0.6) is 0 Å². The van der Waals surface area contributed by atoms with Crippen LogP contribution in [0, 0.1) is 23.4 Å². The van der Waals surface area contributed by atoms with Crippen molar-refractivity contribution in [1.82, 2.24) is 5.32 Å². The van der Waals surface area contributed by atoms with E-state index in [-0.39, 0.29) is 5.92 Å². The Morgan fingerprint density at radius 1 is 0.905 bits per heavy atom. The lowest BCUT2D eigenvalue weighted by Crippen LogP contribution is -2.29. The van der Waals surface area contributed by atoms with Gasteiger partial charge in [0.15, 0.2) is 17.5 Å². The maximum Gasteiger partial charge on any atom is 0.194 e. The Morgan fingerprint density at radius 2 is 1.67 bits per heavy atom. The lowest BCUT2D eigenvalue weighted by molar-refractivity contribution is 0.356. The van der Waals surface area contributed by atoms with E-state index in [4.69, 9.17) is 0 Å². The van der Waals surface area contributed by atoms with Crippen LogP contribution < -0.4 is 5.32 Å². The van der Waals surface area contributed by atoms with E-state index in [2.05, 4.69) is 5.32 Å². The summed E-state index contributed by atoms with van der Waals surface area (Å²) in [5, 5.41) is 3.51. The summed E-state index contributed by atoms with van der Waals surface area (Å²) in [6, 6.07) is 3.11. The first-order valence-corrected chi connectivity index (χ1v) is 8.03. The van der Waals surface area contributed by atoms with Crippen LogP contribution in [0.1, 0.15) is 56.4 Å². The Bertz CT molecular complexity index is 499. The van der Waals surface area contributed by atoms with E-state index in [0.29, 0.717) is 17.5 Å². The molecule has 0 spiro atoms. The molecule has 1 N–H and O–H groups in total. The molecule has 0 radical (unpaired) electrons. The minimum Gasteiger partial charge on any atom is -0.314 e. The highest BCUT2D eigenvalue weighted by Gasteiger charge is 2.30. The van der Waals surface area contributed by atoms with Crippen molar-refractivity contribution in [3.8, 4) is 0 Å². The normalized spacial score (nSPS) is 26.6. The quantitative estimate of drug-likeness (QED) is 0.636. The van der Waals surface area contributed by atoms with Gasteiger partial charge in [-0.1, -0.05) is 25.3 Å². The number of nitrogens with one attached hydrogen (secondary N) is 1. The van der Waals surface area contributed by atoms with Gasteiger partial charge in [-0.3, -0.25) is 0 Å². The van der Waals surface area contributed by atoms with E-state index in [9.17, 15) is 13.2 Å². The van der Waals surface area contributed by atoms with Crippen LogP contribution in [0.15, 0.2) is 12.1 Å². The predicted molar refractivity (Wildman–Crippen MR) is 76.7 cm³/mol. The van der Waals surface area contributed by atoms with E-state index in [1.165, 1.54) is 18.9 Å². The molecular formula is C17H22F3N. The molecule has 1 aromatic rings. The highest BCUT2D eigenvalue weighted by molar-refractivity contribution is 5.25. The Kier molecular flexibility index (Phi) is 4.53. The average molecular weight is 297 g/mol. The van der Waals surface area contributed by atoms with E-state index in [0.717, 1.165) is 44.7 Å². The smallest absolute Gasteiger partial charge is 0.194 e. The highest BCUT2D eigenvalue weighted by atomic mass is 19.2. The van der Waals surface area contributed by atoms with Crippen molar-refractivity contribution in [1.29, 1.82) is 0 Å². The first-order chi connectivity index (χ1) is 10.2. The summed E-state index contributed by atoms with van der Waals surface area (Å²) in [6.45, 7) is 0.855. The van der Waals surface area contributed by atoms with Crippen molar-refractivity contribution >= 4 is 0 Å². The summed E-state index contributed by atoms with van der Waals surface area (Å²) in [4.78, 5) is 0. The molecule has 4 heteroatoms. The molecule has 0 bridgehead atoms. The highest BCUT2D eigenvalue weighted by Crippen LogP contribution is 2.38. The molecule has 2 unspecified atom stereocenters. The van der Waals surface area contributed by atoms with Crippen molar-refractivity contribution in [3.05, 3.63) is 35.1 Å². The van der Waals surface area contributed by atoms with Crippen LogP contribution in [-0.2, 0) is 0 Å². The van der Waals surface area contributed by atoms with Crippen molar-refractivity contribution in [3.63, 3.8) is 0 Å². The van der Waals surface area contributed by atoms with E-state index in [1.54, 1.807) is 0 Å². The number of hydrogen-bond donors (Lipinski definition) is 1. The summed E-state index contributed by atoms with van der Waals surface area (Å²) in [6.07, 6.45) is 7.64. The predicted octanol–water partition coefficient (Wildman–Crippen LogP) is 4.52. The van der Waals surface area contributed by atoms with Gasteiger partial charge in [0, 0.05) is 6.04 Å². The summed E-state index contributed by atoms with van der Waals surface area (Å²) in [7, 11) is 0. The maximum absolute atomic E-state index is 14.1. The molecule has 0 heterocycles. The second kappa shape index (κ2) is 6.39. The summed E-state index contributed by atoms with van der Waals surface area (Å²) >= 11 is 0. The van der Waals surface area contributed by atoms with E-state index >= 15 is 0 Å². The lowest BCUT2D eigenvalue weighted by Gasteiger charge is -2.26. The largest absolute Gasteiger partial charge is 0.314 e. The number of halogens is 3. The van der Waals surface area contributed by atoms with Crippen LogP contribution in [0.3, 0.4) is 0 Å². The van der Waals surface area contributed by atoms with Gasteiger partial charge in [0.1, 0.15) is 0 Å². The van der Waals surface area contributed by atoms with Crippen molar-refractivity contribution < 1.29 is 13.2 Å². The molecule has 116 valence electrons. The minimum atomic E-state index is -1.33. The number of rotatable bonds is 4. The van der Waals surface area contributed by atoms with Crippen molar-refractivity contribution in [2.75, 3.05) is 6.54 Å². The Morgan fingerprint density at radius 3 is 2.43 bits per heavy atom. The molecule has 0 saturated heterocycles. The topological polar surface area (TPSA) is 12.0 Å². The fourth-order valence-corrected chi connectivity index (χ4v) is 3.47. The summed E-state index contributed by atoms with van der Waals surface area (Å²) in [5.41, 5.74) is 0.360. The van der Waals surface area contributed by atoms with Crippen molar-refractivity contribution in [2.45, 2.75) is 56.9 Å². The Labute approximate surface area is 123 Å². The van der Waals surface area contributed by atoms with Crippen LogP contribution in [0.4, 0.5) is 13.2 Å². The molecule has 3 rings (SSSR count). The van der Waals surface area contributed by atoms with Crippen LogP contribution in [-0.4, -0.2) is 12.6 Å². The molecule has 0 aromatic heterocycles. The molecule has 0 aliphatic heterocycles. The van der Waals surface area contributed by atoms with E-state index in [1.807, 2.05) is 0 Å². The number of benzene rings is 1. The first kappa shape index (κ1) is 14.9. The molecule has 2 aliphatic carbocycles. The molecule has 21 heavy (non-hydrogen) atoms. The molecule has 2 saturated carbocycles. The molecule has 2 atom stereocenters. The second-order valence-corrected chi connectivity index (χ2v) is 6.45. The van der Waals surface area contributed by atoms with Gasteiger partial charge in [-0.15, -0.1) is 0 Å². The van der Waals surface area contributed by atoms with Gasteiger partial charge in [-0.05, 0) is 55.7 Å². The van der Waals surface area contributed by atoms with Gasteiger partial charge in [-0.2, -0.15) is 0 Å². The van der Waals surface area contributed by atoms with Crippen LogP contribution >= 0.6 is 0 Å².